The molecule has 2 aromatic heterocycles. The van der Waals surface area contributed by atoms with Gasteiger partial charge in [-0.1, -0.05) is 35.9 Å². The lowest BCUT2D eigenvalue weighted by Gasteiger charge is -2.10. The average Bonchev–Trinajstić information content (AvgIpc) is 2.66. The summed E-state index contributed by atoms with van der Waals surface area (Å²) in [6.45, 7) is 0.662. The summed E-state index contributed by atoms with van der Waals surface area (Å²) in [6, 6.07) is 10.9. The Hall–Kier alpha value is -3.26. The molecule has 0 radical (unpaired) electrons. The second-order valence-electron chi connectivity index (χ2n) is 5.34. The number of nitro groups is 1. The van der Waals surface area contributed by atoms with Crippen LogP contribution < -0.4 is 10.6 Å². The number of halogens is 1. The van der Waals surface area contributed by atoms with Crippen molar-refractivity contribution in [2.75, 3.05) is 10.6 Å². The van der Waals surface area contributed by atoms with E-state index in [0.29, 0.717) is 18.1 Å². The number of nitrogens with one attached hydrogen (secondary N) is 2. The number of hydrogen-bond donors (Lipinski definition) is 2. The first-order valence-electron chi connectivity index (χ1n) is 7.74. The molecule has 9 heteroatoms. The second kappa shape index (κ2) is 8.21. The number of benzene rings is 1. The van der Waals surface area contributed by atoms with Crippen molar-refractivity contribution in [3.63, 3.8) is 0 Å². The fourth-order valence-corrected chi connectivity index (χ4v) is 2.52. The normalized spacial score (nSPS) is 10.3. The van der Waals surface area contributed by atoms with Crippen molar-refractivity contribution in [3.05, 3.63) is 81.4 Å². The van der Waals surface area contributed by atoms with E-state index in [2.05, 4.69) is 25.6 Å². The maximum Gasteiger partial charge on any atom is 0.353 e. The highest BCUT2D eigenvalue weighted by molar-refractivity contribution is 6.31. The van der Waals surface area contributed by atoms with Crippen molar-refractivity contribution in [3.8, 4) is 0 Å². The highest BCUT2D eigenvalue weighted by atomic mass is 35.5. The van der Waals surface area contributed by atoms with E-state index in [-0.39, 0.29) is 17.3 Å². The number of aromatic nitrogens is 3. The molecule has 8 nitrogen and oxygen atoms in total. The van der Waals surface area contributed by atoms with Crippen LogP contribution in [0.2, 0.25) is 5.02 Å². The second-order valence-corrected chi connectivity index (χ2v) is 5.74. The number of pyridine rings is 1. The summed E-state index contributed by atoms with van der Waals surface area (Å²) in [7, 11) is 0. The Bertz CT molecular complexity index is 907. The van der Waals surface area contributed by atoms with Gasteiger partial charge >= 0.3 is 5.69 Å². The lowest BCUT2D eigenvalue weighted by Crippen LogP contribution is -2.10. The molecule has 0 spiro atoms. The Balaban J connectivity index is 1.79. The molecule has 0 aliphatic heterocycles. The highest BCUT2D eigenvalue weighted by Crippen LogP contribution is 2.30. The van der Waals surface area contributed by atoms with Gasteiger partial charge in [0.25, 0.3) is 0 Å². The minimum Gasteiger partial charge on any atom is -0.360 e. The molecule has 2 N–H and O–H groups in total. The van der Waals surface area contributed by atoms with Gasteiger partial charge in [-0.05, 0) is 23.3 Å². The number of hydrogen-bond acceptors (Lipinski definition) is 7. The van der Waals surface area contributed by atoms with Gasteiger partial charge in [-0.15, -0.1) is 0 Å². The van der Waals surface area contributed by atoms with Gasteiger partial charge in [0, 0.05) is 30.5 Å². The summed E-state index contributed by atoms with van der Waals surface area (Å²) in [5.74, 6) is 0.258. The fraction of sp³-hybridized carbons (Fsp3) is 0.118. The van der Waals surface area contributed by atoms with Gasteiger partial charge in [0.05, 0.1) is 4.92 Å². The Morgan fingerprint density at radius 1 is 1.04 bits per heavy atom. The Morgan fingerprint density at radius 2 is 1.77 bits per heavy atom. The van der Waals surface area contributed by atoms with Crippen molar-refractivity contribution >= 4 is 28.9 Å². The summed E-state index contributed by atoms with van der Waals surface area (Å²) in [4.78, 5) is 23.0. The van der Waals surface area contributed by atoms with E-state index >= 15 is 0 Å². The molecule has 0 fully saturated rings. The predicted molar refractivity (Wildman–Crippen MR) is 99.0 cm³/mol. The maximum atomic E-state index is 11.5. The summed E-state index contributed by atoms with van der Waals surface area (Å²) < 4.78 is 0. The molecule has 0 saturated carbocycles. The van der Waals surface area contributed by atoms with E-state index in [1.165, 1.54) is 6.33 Å². The molecule has 0 atom stereocenters. The minimum atomic E-state index is -0.513. The third-order valence-electron chi connectivity index (χ3n) is 3.59. The molecule has 3 aromatic rings. The summed E-state index contributed by atoms with van der Waals surface area (Å²) in [5, 5.41) is 18.0. The molecule has 0 unspecified atom stereocenters. The van der Waals surface area contributed by atoms with Crippen LogP contribution in [0.1, 0.15) is 11.1 Å². The first kappa shape index (κ1) is 17.6. The zero-order chi connectivity index (χ0) is 18.4. The van der Waals surface area contributed by atoms with Crippen LogP contribution in [0.4, 0.5) is 17.3 Å². The van der Waals surface area contributed by atoms with Crippen LogP contribution in [0.3, 0.4) is 0 Å². The molecular formula is C17H15ClN6O2. The van der Waals surface area contributed by atoms with Gasteiger partial charge in [-0.2, -0.15) is 0 Å². The summed E-state index contributed by atoms with van der Waals surface area (Å²) in [6.07, 6.45) is 4.61. The highest BCUT2D eigenvalue weighted by Gasteiger charge is 2.22. The molecule has 1 aromatic carbocycles. The third kappa shape index (κ3) is 4.22. The molecule has 2 heterocycles. The largest absolute Gasteiger partial charge is 0.360 e. The van der Waals surface area contributed by atoms with E-state index in [4.69, 9.17) is 11.6 Å². The first-order valence-corrected chi connectivity index (χ1v) is 8.12. The standard InChI is InChI=1S/C17H15ClN6O2/c18-14-6-2-1-5-13(14)10-21-17-15(24(25)26)16(22-11-23-17)20-9-12-4-3-7-19-8-12/h1-8,11H,9-10H2,(H2,20,21,22,23). The molecular weight excluding hydrogens is 356 g/mol. The van der Waals surface area contributed by atoms with Gasteiger partial charge < -0.3 is 10.6 Å². The zero-order valence-corrected chi connectivity index (χ0v) is 14.3. The van der Waals surface area contributed by atoms with E-state index in [1.54, 1.807) is 24.5 Å². The fourth-order valence-electron chi connectivity index (χ4n) is 2.32. The van der Waals surface area contributed by atoms with E-state index in [0.717, 1.165) is 11.1 Å². The van der Waals surface area contributed by atoms with Crippen LogP contribution in [0.15, 0.2) is 55.1 Å². The van der Waals surface area contributed by atoms with Crippen LogP contribution >= 0.6 is 11.6 Å². The summed E-state index contributed by atoms with van der Waals surface area (Å²) >= 11 is 6.12. The lowest BCUT2D eigenvalue weighted by atomic mass is 10.2. The monoisotopic (exact) mass is 370 g/mol. The van der Waals surface area contributed by atoms with Gasteiger partial charge in [0.15, 0.2) is 0 Å². The topological polar surface area (TPSA) is 106 Å². The molecule has 0 saturated heterocycles. The Kier molecular flexibility index (Phi) is 5.55. The van der Waals surface area contributed by atoms with Crippen molar-refractivity contribution < 1.29 is 4.92 Å². The first-order chi connectivity index (χ1) is 12.6. The maximum absolute atomic E-state index is 11.5. The quantitative estimate of drug-likeness (QED) is 0.482. The van der Waals surface area contributed by atoms with Crippen molar-refractivity contribution in [2.45, 2.75) is 13.1 Å². The SMILES string of the molecule is O=[N+]([O-])c1c(NCc2cccnc2)ncnc1NCc1ccccc1Cl. The van der Waals surface area contributed by atoms with E-state index < -0.39 is 4.92 Å². The third-order valence-corrected chi connectivity index (χ3v) is 3.96. The van der Waals surface area contributed by atoms with Crippen molar-refractivity contribution in [2.24, 2.45) is 0 Å². The van der Waals surface area contributed by atoms with Gasteiger partial charge in [0.2, 0.25) is 11.6 Å². The van der Waals surface area contributed by atoms with Crippen molar-refractivity contribution in [1.82, 2.24) is 15.0 Å². The predicted octanol–water partition coefficient (Wildman–Crippen LogP) is 3.66. The van der Waals surface area contributed by atoms with Gasteiger partial charge in [-0.25, -0.2) is 9.97 Å². The molecule has 132 valence electrons. The summed E-state index contributed by atoms with van der Waals surface area (Å²) in [5.41, 5.74) is 1.47. The van der Waals surface area contributed by atoms with Crippen LogP contribution in [0.25, 0.3) is 0 Å². The van der Waals surface area contributed by atoms with Crippen LogP contribution in [-0.4, -0.2) is 19.9 Å². The van der Waals surface area contributed by atoms with Gasteiger partial charge in [0.1, 0.15) is 6.33 Å². The number of rotatable bonds is 7. The van der Waals surface area contributed by atoms with Crippen LogP contribution in [-0.2, 0) is 13.1 Å². The number of anilines is 2. The van der Waals surface area contributed by atoms with E-state index in [1.807, 2.05) is 24.3 Å². The molecule has 0 aliphatic carbocycles. The van der Waals surface area contributed by atoms with E-state index in [9.17, 15) is 10.1 Å². The minimum absolute atomic E-state index is 0.124. The van der Waals surface area contributed by atoms with Crippen LogP contribution in [0.5, 0.6) is 0 Å². The van der Waals surface area contributed by atoms with Crippen molar-refractivity contribution in [1.29, 1.82) is 0 Å². The molecule has 0 bridgehead atoms. The smallest absolute Gasteiger partial charge is 0.353 e. The number of nitrogens with zero attached hydrogens (tertiary/aromatic N) is 4. The average molecular weight is 371 g/mol. The zero-order valence-electron chi connectivity index (χ0n) is 13.6. The molecule has 26 heavy (non-hydrogen) atoms. The Morgan fingerprint density at radius 3 is 2.42 bits per heavy atom. The molecule has 0 aliphatic rings. The van der Waals surface area contributed by atoms with Crippen LogP contribution in [0, 0.1) is 10.1 Å². The molecule has 0 amide bonds. The van der Waals surface area contributed by atoms with Gasteiger partial charge in [-0.3, -0.25) is 15.1 Å². The molecule has 3 rings (SSSR count). The Labute approximate surface area is 154 Å². The lowest BCUT2D eigenvalue weighted by molar-refractivity contribution is -0.383.